The summed E-state index contributed by atoms with van der Waals surface area (Å²) in [5.74, 6) is -0.161. The molecule has 1 aliphatic rings. The number of ether oxygens (including phenoxy) is 1. The van der Waals surface area contributed by atoms with Gasteiger partial charge in [-0.1, -0.05) is 36.2 Å². The molecule has 0 fully saturated rings. The third kappa shape index (κ3) is 8.35. The molecule has 3 atom stereocenters. The minimum absolute atomic E-state index is 0.107. The van der Waals surface area contributed by atoms with Crippen LogP contribution in [0.2, 0.25) is 10.0 Å². The van der Waals surface area contributed by atoms with E-state index >= 15 is 0 Å². The molecule has 0 unspecified atom stereocenters. The first-order chi connectivity index (χ1) is 20.7. The summed E-state index contributed by atoms with van der Waals surface area (Å²) >= 11 is 12.2. The monoisotopic (exact) mass is 652 g/mol. The van der Waals surface area contributed by atoms with E-state index < -0.39 is 23.8 Å². The lowest BCUT2D eigenvalue weighted by Gasteiger charge is -2.38. The number of aliphatic hydroxyl groups is 1. The van der Waals surface area contributed by atoms with E-state index in [-0.39, 0.29) is 41.5 Å². The number of nitrogens with zero attached hydrogens (tertiary/aromatic N) is 2. The van der Waals surface area contributed by atoms with Crippen molar-refractivity contribution in [2.75, 3.05) is 37.4 Å². The minimum atomic E-state index is -4.49. The number of likely N-dealkylation sites (N-methyl/N-ethyl adjacent to an activating group) is 1. The number of hydrogen-bond acceptors (Lipinski definition) is 5. The molecule has 4 rings (SSSR count). The molecule has 0 saturated heterocycles. The van der Waals surface area contributed by atoms with Gasteiger partial charge in [-0.05, 0) is 74.1 Å². The van der Waals surface area contributed by atoms with E-state index in [1.54, 1.807) is 30.0 Å². The van der Waals surface area contributed by atoms with Crippen LogP contribution in [-0.4, -0.2) is 65.7 Å². The van der Waals surface area contributed by atoms with Gasteiger partial charge in [-0.15, -0.1) is 0 Å². The van der Waals surface area contributed by atoms with Crippen LogP contribution in [0.3, 0.4) is 0 Å². The van der Waals surface area contributed by atoms with Crippen LogP contribution in [0, 0.1) is 5.92 Å². The van der Waals surface area contributed by atoms with Crippen molar-refractivity contribution in [2.45, 2.75) is 38.7 Å². The first-order valence-electron chi connectivity index (χ1n) is 13.9. The first-order valence-corrected chi connectivity index (χ1v) is 14.6. The molecule has 1 aliphatic heterocycles. The zero-order valence-electron chi connectivity index (χ0n) is 24.3. The fraction of sp³-hybridized carbons (Fsp3) is 0.355. The third-order valence-corrected chi connectivity index (χ3v) is 8.06. The molecular formula is C31H33Cl2F3N4O4. The van der Waals surface area contributed by atoms with Gasteiger partial charge in [0.15, 0.2) is 0 Å². The molecule has 0 bridgehead atoms. The molecule has 3 aromatic rings. The number of benzene rings is 3. The van der Waals surface area contributed by atoms with Crippen molar-refractivity contribution in [3.8, 4) is 5.75 Å². The van der Waals surface area contributed by atoms with E-state index in [2.05, 4.69) is 15.5 Å². The molecule has 0 aliphatic carbocycles. The highest BCUT2D eigenvalue weighted by Gasteiger charge is 2.34. The van der Waals surface area contributed by atoms with Crippen LogP contribution in [-0.2, 0) is 12.7 Å². The Balaban J connectivity index is 1.53. The standard InChI is InChI=1S/C31H33Cl2F3N4O4/c1-18-14-40(19(2)17-41)29(42)24-13-23(38-30(43)37-22-7-5-21(6-8-22)31(34,35)36)9-11-27(24)44-28(18)16-39(3)15-20-4-10-25(32)26(33)12-20/h4-13,18-19,28,41H,14-17H2,1-3H3,(H2,37,38,43)/t18-,19-,28+/m0/s1. The van der Waals surface area contributed by atoms with E-state index in [0.717, 1.165) is 29.8 Å². The normalized spacial score (nSPS) is 17.8. The van der Waals surface area contributed by atoms with Gasteiger partial charge in [-0.2, -0.15) is 13.2 Å². The van der Waals surface area contributed by atoms with Crippen molar-refractivity contribution < 1.29 is 32.6 Å². The van der Waals surface area contributed by atoms with Crippen molar-refractivity contribution in [1.82, 2.24) is 9.80 Å². The van der Waals surface area contributed by atoms with E-state index in [0.29, 0.717) is 35.4 Å². The Morgan fingerprint density at radius 3 is 2.36 bits per heavy atom. The van der Waals surface area contributed by atoms with Crippen LogP contribution in [0.1, 0.15) is 35.3 Å². The summed E-state index contributed by atoms with van der Waals surface area (Å²) < 4.78 is 45.0. The smallest absolute Gasteiger partial charge is 0.416 e. The maximum Gasteiger partial charge on any atom is 0.416 e. The van der Waals surface area contributed by atoms with Crippen LogP contribution in [0.15, 0.2) is 60.7 Å². The highest BCUT2D eigenvalue weighted by molar-refractivity contribution is 6.42. The Morgan fingerprint density at radius 2 is 1.73 bits per heavy atom. The van der Waals surface area contributed by atoms with E-state index in [1.807, 2.05) is 26.1 Å². The fourth-order valence-corrected chi connectivity index (χ4v) is 5.20. The van der Waals surface area contributed by atoms with Crippen LogP contribution in [0.5, 0.6) is 5.75 Å². The topological polar surface area (TPSA) is 94.1 Å². The van der Waals surface area contributed by atoms with Gasteiger partial charge in [0.1, 0.15) is 11.9 Å². The van der Waals surface area contributed by atoms with Crippen LogP contribution >= 0.6 is 23.2 Å². The summed E-state index contributed by atoms with van der Waals surface area (Å²) in [4.78, 5) is 30.0. The molecule has 236 valence electrons. The van der Waals surface area contributed by atoms with E-state index in [9.17, 15) is 27.9 Å². The van der Waals surface area contributed by atoms with Crippen LogP contribution < -0.4 is 15.4 Å². The van der Waals surface area contributed by atoms with Crippen molar-refractivity contribution in [3.05, 3.63) is 87.4 Å². The summed E-state index contributed by atoms with van der Waals surface area (Å²) in [6.07, 6.45) is -4.83. The van der Waals surface area contributed by atoms with Crippen LogP contribution in [0.4, 0.5) is 29.3 Å². The minimum Gasteiger partial charge on any atom is -0.488 e. The van der Waals surface area contributed by atoms with Gasteiger partial charge in [0.2, 0.25) is 0 Å². The number of fused-ring (bicyclic) bond motifs is 1. The van der Waals surface area contributed by atoms with Crippen molar-refractivity contribution >= 4 is 46.5 Å². The molecule has 13 heteroatoms. The second-order valence-electron chi connectivity index (χ2n) is 10.9. The van der Waals surface area contributed by atoms with Gasteiger partial charge in [0.25, 0.3) is 5.91 Å². The highest BCUT2D eigenvalue weighted by Crippen LogP contribution is 2.32. The summed E-state index contributed by atoms with van der Waals surface area (Å²) in [7, 11) is 1.94. The number of nitrogens with one attached hydrogen (secondary N) is 2. The number of carbonyl (C=O) groups is 2. The molecule has 3 N–H and O–H groups in total. The average Bonchev–Trinajstić information content (AvgIpc) is 2.96. The summed E-state index contributed by atoms with van der Waals surface area (Å²) in [5.41, 5.74) is 0.756. The highest BCUT2D eigenvalue weighted by atomic mass is 35.5. The summed E-state index contributed by atoms with van der Waals surface area (Å²) in [6, 6.07) is 12.9. The zero-order chi connectivity index (χ0) is 32.2. The summed E-state index contributed by atoms with van der Waals surface area (Å²) in [5, 5.41) is 15.9. The fourth-order valence-electron chi connectivity index (χ4n) is 4.88. The molecule has 3 aromatic carbocycles. The maximum atomic E-state index is 13.7. The van der Waals surface area contributed by atoms with E-state index in [1.165, 1.54) is 6.07 Å². The Morgan fingerprint density at radius 1 is 1.07 bits per heavy atom. The molecule has 0 aromatic heterocycles. The zero-order valence-corrected chi connectivity index (χ0v) is 25.8. The number of amides is 3. The molecule has 8 nitrogen and oxygen atoms in total. The molecule has 0 saturated carbocycles. The first kappa shape index (κ1) is 33.4. The molecule has 44 heavy (non-hydrogen) atoms. The van der Waals surface area contributed by atoms with Gasteiger partial charge in [-0.3, -0.25) is 9.69 Å². The second-order valence-corrected chi connectivity index (χ2v) is 11.7. The molecular weight excluding hydrogens is 620 g/mol. The van der Waals surface area contributed by atoms with E-state index in [4.69, 9.17) is 27.9 Å². The van der Waals surface area contributed by atoms with Gasteiger partial charge in [0, 0.05) is 36.9 Å². The number of rotatable bonds is 8. The Labute approximate surface area is 263 Å². The lowest BCUT2D eigenvalue weighted by atomic mass is 9.99. The number of hydrogen-bond donors (Lipinski definition) is 3. The predicted molar refractivity (Wildman–Crippen MR) is 164 cm³/mol. The van der Waals surface area contributed by atoms with Crippen molar-refractivity contribution in [2.24, 2.45) is 5.92 Å². The molecule has 1 heterocycles. The van der Waals surface area contributed by atoms with Crippen molar-refractivity contribution in [1.29, 1.82) is 0 Å². The Bertz CT molecular complexity index is 1490. The third-order valence-electron chi connectivity index (χ3n) is 7.32. The van der Waals surface area contributed by atoms with Crippen molar-refractivity contribution in [3.63, 3.8) is 0 Å². The van der Waals surface area contributed by atoms with Gasteiger partial charge < -0.3 is 25.4 Å². The number of halogens is 5. The number of anilines is 2. The molecule has 0 radical (unpaired) electrons. The number of carbonyl (C=O) groups excluding carboxylic acids is 2. The largest absolute Gasteiger partial charge is 0.488 e. The number of alkyl halides is 3. The predicted octanol–water partition coefficient (Wildman–Crippen LogP) is 7.01. The number of urea groups is 1. The van der Waals surface area contributed by atoms with Gasteiger partial charge in [-0.25, -0.2) is 4.79 Å². The molecule has 3 amide bonds. The lowest BCUT2D eigenvalue weighted by molar-refractivity contribution is -0.137. The average molecular weight is 654 g/mol. The quantitative estimate of drug-likeness (QED) is 0.243. The SMILES string of the molecule is C[C@H]1CN([C@@H](C)CO)C(=O)c2cc(NC(=O)Nc3ccc(C(F)(F)F)cc3)ccc2O[C@@H]1CN(C)Cc1ccc(Cl)c(Cl)c1. The van der Waals surface area contributed by atoms with Crippen LogP contribution in [0.25, 0.3) is 0 Å². The lowest BCUT2D eigenvalue weighted by Crippen LogP contribution is -2.49. The van der Waals surface area contributed by atoms with Gasteiger partial charge >= 0.3 is 12.2 Å². The molecule has 0 spiro atoms. The Hall–Kier alpha value is -3.51. The second kappa shape index (κ2) is 14.1. The van der Waals surface area contributed by atoms with Gasteiger partial charge in [0.05, 0.1) is 33.8 Å². The maximum absolute atomic E-state index is 13.7. The Kier molecular flexibility index (Phi) is 10.7. The number of aliphatic hydroxyl groups excluding tert-OH is 1. The summed E-state index contributed by atoms with van der Waals surface area (Å²) in [6.45, 7) is 4.88.